The van der Waals surface area contributed by atoms with Crippen LogP contribution in [0.4, 0.5) is 0 Å². The number of sulfonamides is 1. The van der Waals surface area contributed by atoms with Crippen LogP contribution in [0.2, 0.25) is 0 Å². The van der Waals surface area contributed by atoms with Gasteiger partial charge in [-0.3, -0.25) is 0 Å². The van der Waals surface area contributed by atoms with E-state index in [1.165, 1.54) is 31.4 Å². The maximum atomic E-state index is 12.2. The van der Waals surface area contributed by atoms with Gasteiger partial charge in [-0.1, -0.05) is 6.92 Å². The van der Waals surface area contributed by atoms with E-state index >= 15 is 0 Å². The largest absolute Gasteiger partial charge is 0.496 e. The number of rotatable bonds is 6. The predicted molar refractivity (Wildman–Crippen MR) is 77.6 cm³/mol. The molecule has 2 N–H and O–H groups in total. The first-order valence-electron chi connectivity index (χ1n) is 6.45. The summed E-state index contributed by atoms with van der Waals surface area (Å²) in [7, 11) is -2.17. The zero-order valence-corrected chi connectivity index (χ0v) is 12.6. The van der Waals surface area contributed by atoms with Crippen molar-refractivity contribution in [2.24, 2.45) is 5.92 Å². The number of benzene rings is 1. The van der Waals surface area contributed by atoms with Crippen molar-refractivity contribution in [3.63, 3.8) is 0 Å². The van der Waals surface area contributed by atoms with E-state index in [1.807, 2.05) is 6.92 Å². The van der Waals surface area contributed by atoms with Gasteiger partial charge in [0.2, 0.25) is 10.0 Å². The smallest absolute Gasteiger partial charge is 0.328 e. The van der Waals surface area contributed by atoms with Crippen LogP contribution in [0.15, 0.2) is 29.2 Å². The molecule has 0 spiro atoms. The third-order valence-electron chi connectivity index (χ3n) is 3.33. The van der Waals surface area contributed by atoms with Gasteiger partial charge in [0.1, 0.15) is 5.75 Å². The average Bonchev–Trinajstić information content (AvgIpc) is 3.10. The topological polar surface area (TPSA) is 92.7 Å². The first-order chi connectivity index (χ1) is 9.83. The molecule has 1 aliphatic carbocycles. The standard InChI is InChI=1S/C14H17NO5S/c1-9-7-12(9)15-21(18,19)11-4-5-13(20-2)10(8-11)3-6-14(16)17/h3-6,8-9,12,15H,7H2,1-2H3,(H,16,17). The van der Waals surface area contributed by atoms with Gasteiger partial charge in [0.05, 0.1) is 12.0 Å². The van der Waals surface area contributed by atoms with E-state index in [4.69, 9.17) is 9.84 Å². The summed E-state index contributed by atoms with van der Waals surface area (Å²) in [5.74, 6) is -0.356. The number of aliphatic carboxylic acids is 1. The molecule has 2 unspecified atom stereocenters. The lowest BCUT2D eigenvalue weighted by Crippen LogP contribution is -2.26. The lowest BCUT2D eigenvalue weighted by Gasteiger charge is -2.09. The number of carboxylic acid groups (broad SMARTS) is 1. The molecule has 0 saturated heterocycles. The normalized spacial score (nSPS) is 21.4. The van der Waals surface area contributed by atoms with E-state index in [-0.39, 0.29) is 10.9 Å². The molecule has 114 valence electrons. The van der Waals surface area contributed by atoms with E-state index in [9.17, 15) is 13.2 Å². The zero-order chi connectivity index (χ0) is 15.6. The molecular weight excluding hydrogens is 294 g/mol. The van der Waals surface area contributed by atoms with Crippen LogP contribution in [0.25, 0.3) is 6.08 Å². The molecule has 0 aromatic heterocycles. The Hall–Kier alpha value is -1.86. The first kappa shape index (κ1) is 15.5. The highest BCUT2D eigenvalue weighted by molar-refractivity contribution is 7.89. The Morgan fingerprint density at radius 2 is 2.14 bits per heavy atom. The molecule has 0 bridgehead atoms. The molecule has 1 aromatic carbocycles. The van der Waals surface area contributed by atoms with E-state index in [0.717, 1.165) is 12.5 Å². The van der Waals surface area contributed by atoms with E-state index in [2.05, 4.69) is 4.72 Å². The van der Waals surface area contributed by atoms with Gasteiger partial charge < -0.3 is 9.84 Å². The average molecular weight is 311 g/mol. The van der Waals surface area contributed by atoms with Crippen LogP contribution in [0, 0.1) is 5.92 Å². The van der Waals surface area contributed by atoms with Gasteiger partial charge >= 0.3 is 5.97 Å². The summed E-state index contributed by atoms with van der Waals surface area (Å²) < 4.78 is 32.2. The summed E-state index contributed by atoms with van der Waals surface area (Å²) in [4.78, 5) is 10.7. The summed E-state index contributed by atoms with van der Waals surface area (Å²) in [5, 5.41) is 8.67. The molecule has 1 aromatic rings. The maximum Gasteiger partial charge on any atom is 0.328 e. The highest BCUT2D eigenvalue weighted by atomic mass is 32.2. The van der Waals surface area contributed by atoms with Gasteiger partial charge in [0, 0.05) is 17.7 Å². The van der Waals surface area contributed by atoms with Crippen LogP contribution in [0.1, 0.15) is 18.9 Å². The van der Waals surface area contributed by atoms with Crippen molar-refractivity contribution in [2.75, 3.05) is 7.11 Å². The second-order valence-corrected chi connectivity index (χ2v) is 6.73. The predicted octanol–water partition coefficient (Wildman–Crippen LogP) is 1.48. The Kier molecular flexibility index (Phi) is 4.34. The molecule has 0 radical (unpaired) electrons. The summed E-state index contributed by atoms with van der Waals surface area (Å²) in [5.41, 5.74) is 0.395. The first-order valence-corrected chi connectivity index (χ1v) is 7.93. The third-order valence-corrected chi connectivity index (χ3v) is 4.82. The van der Waals surface area contributed by atoms with Gasteiger partial charge in [-0.15, -0.1) is 0 Å². The molecule has 2 atom stereocenters. The minimum Gasteiger partial charge on any atom is -0.496 e. The van der Waals surface area contributed by atoms with Crippen LogP contribution in [0.5, 0.6) is 5.75 Å². The Labute approximate surface area is 123 Å². The summed E-state index contributed by atoms with van der Waals surface area (Å²) >= 11 is 0. The Morgan fingerprint density at radius 3 is 2.67 bits per heavy atom. The Morgan fingerprint density at radius 1 is 1.48 bits per heavy atom. The lowest BCUT2D eigenvalue weighted by atomic mass is 10.2. The molecule has 6 nitrogen and oxygen atoms in total. The second-order valence-electron chi connectivity index (χ2n) is 5.02. The van der Waals surface area contributed by atoms with Crippen molar-refractivity contribution in [1.82, 2.24) is 4.72 Å². The van der Waals surface area contributed by atoms with Gasteiger partial charge in [0.15, 0.2) is 0 Å². The number of carbonyl (C=O) groups is 1. The van der Waals surface area contributed by atoms with E-state index in [1.54, 1.807) is 0 Å². The van der Waals surface area contributed by atoms with Gasteiger partial charge in [-0.2, -0.15) is 0 Å². The van der Waals surface area contributed by atoms with Gasteiger partial charge in [-0.25, -0.2) is 17.9 Å². The summed E-state index contributed by atoms with van der Waals surface area (Å²) in [6, 6.07) is 4.32. The number of carboxylic acids is 1. The second kappa shape index (κ2) is 5.87. The molecule has 1 fully saturated rings. The van der Waals surface area contributed by atoms with Crippen molar-refractivity contribution in [2.45, 2.75) is 24.3 Å². The van der Waals surface area contributed by atoms with Crippen molar-refractivity contribution in [3.8, 4) is 5.75 Å². The number of nitrogens with one attached hydrogen (secondary N) is 1. The van der Waals surface area contributed by atoms with Crippen LogP contribution >= 0.6 is 0 Å². The van der Waals surface area contributed by atoms with Gasteiger partial charge in [0.25, 0.3) is 0 Å². The number of ether oxygens (including phenoxy) is 1. The molecule has 0 amide bonds. The molecule has 7 heteroatoms. The summed E-state index contributed by atoms with van der Waals surface area (Å²) in [6.45, 7) is 1.97. The quantitative estimate of drug-likeness (QED) is 0.776. The number of methoxy groups -OCH3 is 1. The van der Waals surface area contributed by atoms with Gasteiger partial charge in [-0.05, 0) is 36.6 Å². The highest BCUT2D eigenvalue weighted by Gasteiger charge is 2.36. The molecule has 1 saturated carbocycles. The molecule has 21 heavy (non-hydrogen) atoms. The van der Waals surface area contributed by atoms with Crippen LogP contribution < -0.4 is 9.46 Å². The molecule has 1 aliphatic rings. The fourth-order valence-corrected chi connectivity index (χ4v) is 3.32. The van der Waals surface area contributed by atoms with Crippen LogP contribution in [-0.4, -0.2) is 32.6 Å². The van der Waals surface area contributed by atoms with E-state index < -0.39 is 16.0 Å². The zero-order valence-electron chi connectivity index (χ0n) is 11.7. The number of hydrogen-bond donors (Lipinski definition) is 2. The van der Waals surface area contributed by atoms with E-state index in [0.29, 0.717) is 17.2 Å². The fourth-order valence-electron chi connectivity index (χ4n) is 1.92. The monoisotopic (exact) mass is 311 g/mol. The van der Waals surface area contributed by atoms with Crippen molar-refractivity contribution in [3.05, 3.63) is 29.8 Å². The highest BCUT2D eigenvalue weighted by Crippen LogP contribution is 2.31. The van der Waals surface area contributed by atoms with Crippen LogP contribution in [0.3, 0.4) is 0 Å². The molecule has 0 heterocycles. The van der Waals surface area contributed by atoms with Crippen molar-refractivity contribution < 1.29 is 23.1 Å². The lowest BCUT2D eigenvalue weighted by molar-refractivity contribution is -0.131. The molecular formula is C14H17NO5S. The minimum atomic E-state index is -3.60. The van der Waals surface area contributed by atoms with Crippen molar-refractivity contribution >= 4 is 22.1 Å². The SMILES string of the molecule is COc1ccc(S(=O)(=O)NC2CC2C)cc1C=CC(=O)O. The Bertz CT molecular complexity index is 681. The summed E-state index contributed by atoms with van der Waals surface area (Å²) in [6.07, 6.45) is 3.08. The molecule has 2 rings (SSSR count). The van der Waals surface area contributed by atoms with Crippen LogP contribution in [-0.2, 0) is 14.8 Å². The fraction of sp³-hybridized carbons (Fsp3) is 0.357. The molecule has 0 aliphatic heterocycles. The maximum absolute atomic E-state index is 12.2. The minimum absolute atomic E-state index is 0.0184. The Balaban J connectivity index is 2.32. The number of hydrogen-bond acceptors (Lipinski definition) is 4. The van der Waals surface area contributed by atoms with Crippen molar-refractivity contribution in [1.29, 1.82) is 0 Å². The third kappa shape index (κ3) is 3.83.